The Hall–Kier alpha value is -3.06. The van der Waals surface area contributed by atoms with E-state index in [1.54, 1.807) is 6.20 Å². The van der Waals surface area contributed by atoms with Crippen LogP contribution in [-0.2, 0) is 6.54 Å². The van der Waals surface area contributed by atoms with E-state index in [4.69, 9.17) is 15.3 Å². The lowest BCUT2D eigenvalue weighted by Gasteiger charge is -2.24. The lowest BCUT2D eigenvalue weighted by molar-refractivity contribution is 0.306. The molecule has 7 nitrogen and oxygen atoms in total. The van der Waals surface area contributed by atoms with Gasteiger partial charge < -0.3 is 10.3 Å². The fourth-order valence-electron chi connectivity index (χ4n) is 2.97. The van der Waals surface area contributed by atoms with Crippen molar-refractivity contribution in [3.8, 4) is 22.8 Å². The highest BCUT2D eigenvalue weighted by Gasteiger charge is 2.24. The average Bonchev–Trinajstić information content (AvgIpc) is 3.30. The van der Waals surface area contributed by atoms with Gasteiger partial charge in [-0.2, -0.15) is 0 Å². The summed E-state index contributed by atoms with van der Waals surface area (Å²) in [5.41, 5.74) is 10.1. The van der Waals surface area contributed by atoms with Crippen LogP contribution in [0.1, 0.15) is 13.8 Å². The van der Waals surface area contributed by atoms with Crippen LogP contribution in [0.15, 0.2) is 53.4 Å². The molecule has 1 aromatic carbocycles. The van der Waals surface area contributed by atoms with Gasteiger partial charge in [-0.15, -0.1) is 0 Å². The number of pyridine rings is 1. The molecule has 4 rings (SSSR count). The monoisotopic (exact) mass is 348 g/mol. The summed E-state index contributed by atoms with van der Waals surface area (Å²) in [7, 11) is 0. The molecule has 4 aromatic rings. The van der Waals surface area contributed by atoms with Crippen molar-refractivity contribution in [2.24, 2.45) is 11.1 Å². The van der Waals surface area contributed by atoms with Crippen LogP contribution in [0.3, 0.4) is 0 Å². The number of fused-ring (bicyclic) bond motifs is 1. The number of nitrogens with zero attached hydrogens (tertiary/aromatic N) is 5. The van der Waals surface area contributed by atoms with Gasteiger partial charge in [-0.3, -0.25) is 4.98 Å². The average molecular weight is 348 g/mol. The van der Waals surface area contributed by atoms with Crippen molar-refractivity contribution in [1.29, 1.82) is 0 Å². The van der Waals surface area contributed by atoms with Gasteiger partial charge in [-0.1, -0.05) is 49.3 Å². The number of hydrogen-bond donors (Lipinski definition) is 1. The number of aromatic nitrogens is 5. The van der Waals surface area contributed by atoms with Gasteiger partial charge in [0.25, 0.3) is 0 Å². The van der Waals surface area contributed by atoms with Crippen LogP contribution in [0.25, 0.3) is 33.8 Å². The standard InChI is InChI=1S/C19H20N6O/c1-19(2,11-20)12-25-15-8-9-21-16(13-6-4-3-5-7-13)17(15)23-18(25)14-10-22-26-24-14/h3-10H,11-12,20H2,1-2H3. The minimum Gasteiger partial charge on any atom is -0.330 e. The van der Waals surface area contributed by atoms with E-state index < -0.39 is 0 Å². The number of hydrogen-bond acceptors (Lipinski definition) is 6. The van der Waals surface area contributed by atoms with Crippen molar-refractivity contribution in [3.05, 3.63) is 48.8 Å². The second kappa shape index (κ2) is 6.34. The van der Waals surface area contributed by atoms with E-state index in [1.807, 2.05) is 42.6 Å². The van der Waals surface area contributed by atoms with Crippen molar-refractivity contribution in [3.63, 3.8) is 0 Å². The van der Waals surface area contributed by atoms with Gasteiger partial charge in [0, 0.05) is 18.3 Å². The molecule has 0 aliphatic heterocycles. The number of benzene rings is 1. The second-order valence-corrected chi connectivity index (χ2v) is 7.08. The fourth-order valence-corrected chi connectivity index (χ4v) is 2.97. The van der Waals surface area contributed by atoms with Crippen LogP contribution in [0, 0.1) is 5.41 Å². The number of imidazole rings is 1. The molecule has 7 heteroatoms. The Bertz CT molecular complexity index is 1020. The van der Waals surface area contributed by atoms with Crippen molar-refractivity contribution in [2.45, 2.75) is 20.4 Å². The maximum absolute atomic E-state index is 5.96. The molecule has 0 radical (unpaired) electrons. The minimum atomic E-state index is -0.101. The molecule has 3 heterocycles. The summed E-state index contributed by atoms with van der Waals surface area (Å²) in [4.78, 5) is 9.42. The quantitative estimate of drug-likeness (QED) is 0.595. The first-order valence-corrected chi connectivity index (χ1v) is 8.48. The zero-order valence-electron chi connectivity index (χ0n) is 14.8. The molecule has 0 spiro atoms. The summed E-state index contributed by atoms with van der Waals surface area (Å²) < 4.78 is 6.92. The van der Waals surface area contributed by atoms with Gasteiger partial charge in [-0.25, -0.2) is 9.61 Å². The number of nitrogens with two attached hydrogens (primary N) is 1. The first-order chi connectivity index (χ1) is 12.6. The Morgan fingerprint density at radius 2 is 1.96 bits per heavy atom. The Morgan fingerprint density at radius 1 is 1.15 bits per heavy atom. The molecule has 26 heavy (non-hydrogen) atoms. The van der Waals surface area contributed by atoms with E-state index in [2.05, 4.69) is 33.7 Å². The van der Waals surface area contributed by atoms with E-state index >= 15 is 0 Å². The molecule has 0 amide bonds. The summed E-state index contributed by atoms with van der Waals surface area (Å²) in [6, 6.07) is 12.0. The summed E-state index contributed by atoms with van der Waals surface area (Å²) in [5.74, 6) is 0.702. The van der Waals surface area contributed by atoms with Crippen molar-refractivity contribution in [2.75, 3.05) is 6.54 Å². The van der Waals surface area contributed by atoms with E-state index in [9.17, 15) is 0 Å². The Balaban J connectivity index is 1.97. The minimum absolute atomic E-state index is 0.101. The lowest BCUT2D eigenvalue weighted by Crippen LogP contribution is -2.29. The Morgan fingerprint density at radius 3 is 2.65 bits per heavy atom. The maximum atomic E-state index is 5.96. The molecule has 0 fully saturated rings. The van der Waals surface area contributed by atoms with Gasteiger partial charge in [0.15, 0.2) is 11.5 Å². The molecule has 0 aliphatic rings. The van der Waals surface area contributed by atoms with Gasteiger partial charge in [0.05, 0.1) is 11.2 Å². The predicted octanol–water partition coefficient (Wildman–Crippen LogP) is 3.13. The fraction of sp³-hybridized carbons (Fsp3) is 0.263. The van der Waals surface area contributed by atoms with Crippen molar-refractivity contribution in [1.82, 2.24) is 24.8 Å². The zero-order chi connectivity index (χ0) is 18.1. The summed E-state index contributed by atoms with van der Waals surface area (Å²) in [6.45, 7) is 5.51. The van der Waals surface area contributed by atoms with Crippen molar-refractivity contribution >= 4 is 11.0 Å². The van der Waals surface area contributed by atoms with Gasteiger partial charge in [-0.05, 0) is 23.2 Å². The molecule has 0 aliphatic carbocycles. The first-order valence-electron chi connectivity index (χ1n) is 8.48. The second-order valence-electron chi connectivity index (χ2n) is 7.08. The molecular weight excluding hydrogens is 328 g/mol. The van der Waals surface area contributed by atoms with Gasteiger partial charge >= 0.3 is 0 Å². The van der Waals surface area contributed by atoms with Crippen LogP contribution >= 0.6 is 0 Å². The molecular formula is C19H20N6O. The highest BCUT2D eigenvalue weighted by atomic mass is 16.6. The topological polar surface area (TPSA) is 95.7 Å². The zero-order valence-corrected chi connectivity index (χ0v) is 14.8. The first kappa shape index (κ1) is 16.4. The van der Waals surface area contributed by atoms with Gasteiger partial charge in [0.2, 0.25) is 0 Å². The van der Waals surface area contributed by atoms with Crippen LogP contribution in [0.4, 0.5) is 0 Å². The summed E-state index contributed by atoms with van der Waals surface area (Å²) in [6.07, 6.45) is 3.38. The van der Waals surface area contributed by atoms with E-state index in [1.165, 1.54) is 0 Å². The molecule has 0 saturated heterocycles. The maximum Gasteiger partial charge on any atom is 0.170 e. The van der Waals surface area contributed by atoms with E-state index in [-0.39, 0.29) is 5.41 Å². The molecule has 132 valence electrons. The Kier molecular flexibility index (Phi) is 4.00. The van der Waals surface area contributed by atoms with E-state index in [0.717, 1.165) is 22.3 Å². The van der Waals surface area contributed by atoms with Crippen LogP contribution in [0.2, 0.25) is 0 Å². The smallest absolute Gasteiger partial charge is 0.170 e. The molecule has 0 bridgehead atoms. The third kappa shape index (κ3) is 2.86. The third-order valence-corrected chi connectivity index (χ3v) is 4.44. The predicted molar refractivity (Wildman–Crippen MR) is 99.1 cm³/mol. The largest absolute Gasteiger partial charge is 0.330 e. The molecule has 0 unspecified atom stereocenters. The SMILES string of the molecule is CC(C)(CN)Cn1c(-c2cnon2)nc2c(-c3ccccc3)nccc21. The molecule has 3 aromatic heterocycles. The van der Waals surface area contributed by atoms with Crippen LogP contribution in [0.5, 0.6) is 0 Å². The summed E-state index contributed by atoms with van der Waals surface area (Å²) in [5, 5.41) is 7.71. The molecule has 2 N–H and O–H groups in total. The van der Waals surface area contributed by atoms with Gasteiger partial charge in [0.1, 0.15) is 11.7 Å². The highest BCUT2D eigenvalue weighted by Crippen LogP contribution is 2.32. The summed E-state index contributed by atoms with van der Waals surface area (Å²) >= 11 is 0. The number of rotatable bonds is 5. The molecule has 0 atom stereocenters. The molecule has 0 saturated carbocycles. The van der Waals surface area contributed by atoms with Crippen LogP contribution < -0.4 is 5.73 Å². The van der Waals surface area contributed by atoms with Crippen molar-refractivity contribution < 1.29 is 4.63 Å². The van der Waals surface area contributed by atoms with E-state index in [0.29, 0.717) is 24.6 Å². The van der Waals surface area contributed by atoms with Crippen LogP contribution in [-0.4, -0.2) is 31.4 Å². The highest BCUT2D eigenvalue weighted by molar-refractivity contribution is 5.91. The normalized spacial score (nSPS) is 12.0. The third-order valence-electron chi connectivity index (χ3n) is 4.44. The lowest BCUT2D eigenvalue weighted by atomic mass is 9.93. The Labute approximate surface area is 150 Å².